The number of ether oxygens (including phenoxy) is 1. The van der Waals surface area contributed by atoms with Gasteiger partial charge in [0.05, 0.1) is 17.6 Å². The first-order valence-corrected chi connectivity index (χ1v) is 9.14. The normalized spacial score (nSPS) is 12.7. The quantitative estimate of drug-likeness (QED) is 0.791. The van der Waals surface area contributed by atoms with Gasteiger partial charge in [-0.3, -0.25) is 0 Å². The number of sulfonamides is 1. The third-order valence-electron chi connectivity index (χ3n) is 3.35. The fraction of sp³-hybridized carbons (Fsp3) is 0.188. The Kier molecular flexibility index (Phi) is 5.87. The molecule has 128 valence electrons. The van der Waals surface area contributed by atoms with Crippen LogP contribution in [-0.2, 0) is 14.8 Å². The lowest BCUT2D eigenvalue weighted by atomic mass is 10.1. The Morgan fingerprint density at radius 1 is 1.12 bits per heavy atom. The summed E-state index contributed by atoms with van der Waals surface area (Å²) in [5, 5.41) is 0.843. The van der Waals surface area contributed by atoms with E-state index in [-0.39, 0.29) is 10.5 Å². The van der Waals surface area contributed by atoms with Crippen molar-refractivity contribution in [1.82, 2.24) is 4.72 Å². The molecule has 2 aromatic rings. The summed E-state index contributed by atoms with van der Waals surface area (Å²) in [5.41, 5.74) is 0.876. The second kappa shape index (κ2) is 7.53. The largest absolute Gasteiger partial charge is 0.465 e. The zero-order chi connectivity index (χ0) is 17.9. The van der Waals surface area contributed by atoms with E-state index in [9.17, 15) is 13.2 Å². The first kappa shape index (κ1) is 18.7. The van der Waals surface area contributed by atoms with E-state index in [0.29, 0.717) is 15.6 Å². The summed E-state index contributed by atoms with van der Waals surface area (Å²) in [6.07, 6.45) is 0. The molecule has 0 fully saturated rings. The van der Waals surface area contributed by atoms with Gasteiger partial charge in [0, 0.05) is 16.1 Å². The van der Waals surface area contributed by atoms with Crippen molar-refractivity contribution in [2.75, 3.05) is 7.11 Å². The van der Waals surface area contributed by atoms with Gasteiger partial charge >= 0.3 is 5.97 Å². The predicted octanol–water partition coefficient (Wildman–Crippen LogP) is 3.82. The summed E-state index contributed by atoms with van der Waals surface area (Å²) in [7, 11) is -2.52. The van der Waals surface area contributed by atoms with Crippen LogP contribution in [0.25, 0.3) is 0 Å². The maximum atomic E-state index is 12.4. The van der Waals surface area contributed by atoms with Gasteiger partial charge in [-0.05, 0) is 48.9 Å². The monoisotopic (exact) mass is 387 g/mol. The molecule has 0 aliphatic rings. The lowest BCUT2D eigenvalue weighted by Crippen LogP contribution is -2.27. The molecule has 5 nitrogen and oxygen atoms in total. The average Bonchev–Trinajstić information content (AvgIpc) is 2.53. The topological polar surface area (TPSA) is 72.5 Å². The molecule has 0 aliphatic carbocycles. The molecule has 0 saturated heterocycles. The van der Waals surface area contributed by atoms with Gasteiger partial charge in [-0.2, -0.15) is 0 Å². The number of hydrogen-bond donors (Lipinski definition) is 1. The van der Waals surface area contributed by atoms with E-state index < -0.39 is 22.0 Å². The summed E-state index contributed by atoms with van der Waals surface area (Å²) in [4.78, 5) is 11.4. The minimum Gasteiger partial charge on any atom is -0.465 e. The van der Waals surface area contributed by atoms with Crippen molar-refractivity contribution in [3.8, 4) is 0 Å². The van der Waals surface area contributed by atoms with Crippen molar-refractivity contribution in [3.05, 3.63) is 63.6 Å². The number of esters is 1. The molecule has 1 atom stereocenters. The zero-order valence-electron chi connectivity index (χ0n) is 12.9. The SMILES string of the molecule is COC(=O)c1ccc(S(=O)(=O)N[C@@H](C)c2ccc(Cl)cc2Cl)cc1. The lowest BCUT2D eigenvalue weighted by Gasteiger charge is -2.16. The molecule has 0 unspecified atom stereocenters. The van der Waals surface area contributed by atoms with Crippen LogP contribution in [0.15, 0.2) is 47.4 Å². The molecular formula is C16H15Cl2NO4S. The minimum absolute atomic E-state index is 0.0343. The third kappa shape index (κ3) is 4.27. The molecule has 0 saturated carbocycles. The average molecular weight is 388 g/mol. The molecule has 8 heteroatoms. The van der Waals surface area contributed by atoms with Gasteiger partial charge < -0.3 is 4.74 Å². The lowest BCUT2D eigenvalue weighted by molar-refractivity contribution is 0.0600. The highest BCUT2D eigenvalue weighted by Crippen LogP contribution is 2.27. The second-order valence-corrected chi connectivity index (χ2v) is 7.58. The molecule has 2 aromatic carbocycles. The summed E-state index contributed by atoms with van der Waals surface area (Å²) < 4.78 is 32.0. The standard InChI is InChI=1S/C16H15Cl2NO4S/c1-10(14-8-5-12(17)9-15(14)18)19-24(21,22)13-6-3-11(4-7-13)16(20)23-2/h3-10,19H,1-2H3/t10-/m0/s1. The van der Waals surface area contributed by atoms with E-state index >= 15 is 0 Å². The molecule has 0 amide bonds. The molecule has 0 aromatic heterocycles. The van der Waals surface area contributed by atoms with Gasteiger partial charge in [0.2, 0.25) is 10.0 Å². The third-order valence-corrected chi connectivity index (χ3v) is 5.47. The molecule has 0 spiro atoms. The number of benzene rings is 2. The summed E-state index contributed by atoms with van der Waals surface area (Å²) >= 11 is 11.9. The molecular weight excluding hydrogens is 373 g/mol. The van der Waals surface area contributed by atoms with Crippen LogP contribution in [0.1, 0.15) is 28.9 Å². The van der Waals surface area contributed by atoms with Crippen molar-refractivity contribution in [3.63, 3.8) is 0 Å². The number of halogens is 2. The Morgan fingerprint density at radius 3 is 2.29 bits per heavy atom. The van der Waals surface area contributed by atoms with Crippen LogP contribution < -0.4 is 4.72 Å². The van der Waals surface area contributed by atoms with Crippen LogP contribution in [0, 0.1) is 0 Å². The molecule has 0 radical (unpaired) electrons. The van der Waals surface area contributed by atoms with Gasteiger partial charge in [-0.25, -0.2) is 17.9 Å². The Labute approximate surface area is 150 Å². The maximum absolute atomic E-state index is 12.4. The number of methoxy groups -OCH3 is 1. The molecule has 0 aliphatic heterocycles. The first-order valence-electron chi connectivity index (χ1n) is 6.90. The van der Waals surface area contributed by atoms with E-state index in [0.717, 1.165) is 0 Å². The number of carbonyl (C=O) groups is 1. The molecule has 2 rings (SSSR count). The summed E-state index contributed by atoms with van der Waals surface area (Å²) in [6, 6.07) is 9.75. The Morgan fingerprint density at radius 2 is 1.75 bits per heavy atom. The van der Waals surface area contributed by atoms with E-state index in [2.05, 4.69) is 9.46 Å². The molecule has 1 N–H and O–H groups in total. The number of carbonyl (C=O) groups excluding carboxylic acids is 1. The number of nitrogens with one attached hydrogen (secondary N) is 1. The highest BCUT2D eigenvalue weighted by atomic mass is 35.5. The molecule has 0 bridgehead atoms. The number of rotatable bonds is 5. The summed E-state index contributed by atoms with van der Waals surface area (Å²) in [6.45, 7) is 1.68. The van der Waals surface area contributed by atoms with E-state index in [1.807, 2.05) is 0 Å². The van der Waals surface area contributed by atoms with Crippen molar-refractivity contribution in [2.45, 2.75) is 17.9 Å². The Balaban J connectivity index is 2.22. The number of hydrogen-bond acceptors (Lipinski definition) is 4. The van der Waals surface area contributed by atoms with Crippen LogP contribution in [0.3, 0.4) is 0 Å². The van der Waals surface area contributed by atoms with Crippen LogP contribution >= 0.6 is 23.2 Å². The molecule has 0 heterocycles. The highest BCUT2D eigenvalue weighted by molar-refractivity contribution is 7.89. The Bertz CT molecular complexity index is 851. The van der Waals surface area contributed by atoms with Crippen LogP contribution in [0.4, 0.5) is 0 Å². The van der Waals surface area contributed by atoms with Crippen LogP contribution in [-0.4, -0.2) is 21.5 Å². The van der Waals surface area contributed by atoms with Gasteiger partial charge in [0.25, 0.3) is 0 Å². The van der Waals surface area contributed by atoms with Crippen LogP contribution in [0.2, 0.25) is 10.0 Å². The Hall–Kier alpha value is -1.60. The van der Waals surface area contributed by atoms with Crippen LogP contribution in [0.5, 0.6) is 0 Å². The summed E-state index contributed by atoms with van der Waals surface area (Å²) in [5.74, 6) is -0.534. The van der Waals surface area contributed by atoms with Gasteiger partial charge in [-0.15, -0.1) is 0 Å². The second-order valence-electron chi connectivity index (χ2n) is 5.02. The molecule has 24 heavy (non-hydrogen) atoms. The van der Waals surface area contributed by atoms with Gasteiger partial charge in [0.1, 0.15) is 0 Å². The highest BCUT2D eigenvalue weighted by Gasteiger charge is 2.20. The smallest absolute Gasteiger partial charge is 0.337 e. The van der Waals surface area contributed by atoms with Crippen molar-refractivity contribution in [2.24, 2.45) is 0 Å². The van der Waals surface area contributed by atoms with Gasteiger partial charge in [-0.1, -0.05) is 29.3 Å². The minimum atomic E-state index is -3.78. The van der Waals surface area contributed by atoms with E-state index in [1.165, 1.54) is 31.4 Å². The first-order chi connectivity index (χ1) is 11.2. The predicted molar refractivity (Wildman–Crippen MR) is 93.0 cm³/mol. The van der Waals surface area contributed by atoms with E-state index in [1.54, 1.807) is 25.1 Å². The maximum Gasteiger partial charge on any atom is 0.337 e. The fourth-order valence-electron chi connectivity index (χ4n) is 2.10. The van der Waals surface area contributed by atoms with Crippen molar-refractivity contribution < 1.29 is 17.9 Å². The zero-order valence-corrected chi connectivity index (χ0v) is 15.2. The van der Waals surface area contributed by atoms with Crippen molar-refractivity contribution >= 4 is 39.2 Å². The van der Waals surface area contributed by atoms with Gasteiger partial charge in [0.15, 0.2) is 0 Å². The fourth-order valence-corrected chi connectivity index (χ4v) is 3.90. The van der Waals surface area contributed by atoms with Crippen molar-refractivity contribution in [1.29, 1.82) is 0 Å². The van der Waals surface area contributed by atoms with E-state index in [4.69, 9.17) is 23.2 Å².